The van der Waals surface area contributed by atoms with Crippen LogP contribution in [0.4, 0.5) is 0 Å². The van der Waals surface area contributed by atoms with Crippen molar-refractivity contribution in [1.29, 1.82) is 0 Å². The summed E-state index contributed by atoms with van der Waals surface area (Å²) in [5.41, 5.74) is 0. The molecule has 2 fully saturated rings. The number of rotatable bonds is 6. The summed E-state index contributed by atoms with van der Waals surface area (Å²) >= 11 is 0. The third kappa shape index (κ3) is 4.00. The highest BCUT2D eigenvalue weighted by atomic mass is 16.5. The van der Waals surface area contributed by atoms with Crippen LogP contribution in [0.1, 0.15) is 51.9 Å². The highest BCUT2D eigenvalue weighted by Gasteiger charge is 2.41. The molecule has 4 nitrogen and oxygen atoms in total. The molecular formula is C16H22O4. The zero-order chi connectivity index (χ0) is 14.5. The lowest BCUT2D eigenvalue weighted by molar-refractivity contribution is -0.152. The second-order valence-electron chi connectivity index (χ2n) is 5.86. The lowest BCUT2D eigenvalue weighted by Gasteiger charge is -2.21. The molecule has 110 valence electrons. The fourth-order valence-electron chi connectivity index (χ4n) is 3.23. The van der Waals surface area contributed by atoms with Crippen LogP contribution in [0, 0.1) is 24.2 Å². The average Bonchev–Trinajstić information content (AvgIpc) is 3.00. The van der Waals surface area contributed by atoms with Crippen LogP contribution in [0.3, 0.4) is 0 Å². The number of hydrogen-bond donors (Lipinski definition) is 0. The van der Waals surface area contributed by atoms with Gasteiger partial charge in [0.2, 0.25) is 0 Å². The Kier molecular flexibility index (Phi) is 5.05. The van der Waals surface area contributed by atoms with Gasteiger partial charge in [0.05, 0.1) is 0 Å². The number of terminal acetylenes is 1. The Balaban J connectivity index is 1.59. The SMILES string of the molecule is C#CC(C)OC(=O)CCCC(=O)OC1CC2CCC1C2. The number of carbonyl (C=O) groups excluding carboxylic acids is 2. The maximum absolute atomic E-state index is 11.7. The minimum Gasteiger partial charge on any atom is -0.462 e. The van der Waals surface area contributed by atoms with Gasteiger partial charge in [0, 0.05) is 12.8 Å². The monoisotopic (exact) mass is 278 g/mol. The Morgan fingerprint density at radius 2 is 2.00 bits per heavy atom. The first-order valence-corrected chi connectivity index (χ1v) is 7.43. The van der Waals surface area contributed by atoms with Crippen LogP contribution in [-0.2, 0) is 19.1 Å². The normalized spacial score (nSPS) is 28.7. The van der Waals surface area contributed by atoms with Crippen molar-refractivity contribution in [2.24, 2.45) is 11.8 Å². The predicted octanol–water partition coefficient (Wildman–Crippen LogP) is 2.45. The molecule has 0 aromatic carbocycles. The van der Waals surface area contributed by atoms with Gasteiger partial charge in [-0.3, -0.25) is 9.59 Å². The summed E-state index contributed by atoms with van der Waals surface area (Å²) in [6, 6.07) is 0. The van der Waals surface area contributed by atoms with Crippen LogP contribution in [0.25, 0.3) is 0 Å². The fraction of sp³-hybridized carbons (Fsp3) is 0.750. The first kappa shape index (κ1) is 14.9. The van der Waals surface area contributed by atoms with Crippen LogP contribution in [-0.4, -0.2) is 24.1 Å². The van der Waals surface area contributed by atoms with Crippen LogP contribution >= 0.6 is 0 Å². The molecule has 2 saturated carbocycles. The minimum absolute atomic E-state index is 0.120. The van der Waals surface area contributed by atoms with Crippen LogP contribution in [0.15, 0.2) is 0 Å². The van der Waals surface area contributed by atoms with E-state index in [1.807, 2.05) is 0 Å². The molecule has 20 heavy (non-hydrogen) atoms. The molecule has 4 atom stereocenters. The Morgan fingerprint density at radius 1 is 1.25 bits per heavy atom. The Bertz CT molecular complexity index is 409. The van der Waals surface area contributed by atoms with E-state index in [4.69, 9.17) is 15.9 Å². The average molecular weight is 278 g/mol. The largest absolute Gasteiger partial charge is 0.462 e. The molecule has 0 spiro atoms. The highest BCUT2D eigenvalue weighted by Crippen LogP contribution is 2.45. The van der Waals surface area contributed by atoms with E-state index in [2.05, 4.69) is 5.92 Å². The summed E-state index contributed by atoms with van der Waals surface area (Å²) in [5.74, 6) is 3.11. The van der Waals surface area contributed by atoms with Gasteiger partial charge in [0.25, 0.3) is 0 Å². The number of esters is 2. The van der Waals surface area contributed by atoms with Crippen molar-refractivity contribution >= 4 is 11.9 Å². The molecule has 2 rings (SSSR count). The zero-order valence-corrected chi connectivity index (χ0v) is 12.0. The molecule has 0 heterocycles. The molecule has 4 unspecified atom stereocenters. The summed E-state index contributed by atoms with van der Waals surface area (Å²) in [6.45, 7) is 1.64. The van der Waals surface area contributed by atoms with Gasteiger partial charge in [0.1, 0.15) is 6.10 Å². The van der Waals surface area contributed by atoms with E-state index < -0.39 is 6.10 Å². The zero-order valence-electron chi connectivity index (χ0n) is 12.0. The van der Waals surface area contributed by atoms with Crippen molar-refractivity contribution in [3.63, 3.8) is 0 Å². The fourth-order valence-corrected chi connectivity index (χ4v) is 3.23. The smallest absolute Gasteiger partial charge is 0.307 e. The van der Waals surface area contributed by atoms with Crippen LogP contribution in [0.5, 0.6) is 0 Å². The number of hydrogen-bond acceptors (Lipinski definition) is 4. The third-order valence-electron chi connectivity index (χ3n) is 4.26. The van der Waals surface area contributed by atoms with Gasteiger partial charge in [-0.15, -0.1) is 6.42 Å². The van der Waals surface area contributed by atoms with Crippen molar-refractivity contribution in [3.8, 4) is 12.3 Å². The molecule has 0 amide bonds. The summed E-state index contributed by atoms with van der Waals surface area (Å²) in [7, 11) is 0. The molecule has 0 aliphatic heterocycles. The molecule has 2 aliphatic carbocycles. The molecule has 0 radical (unpaired) electrons. The van der Waals surface area contributed by atoms with E-state index in [9.17, 15) is 9.59 Å². The van der Waals surface area contributed by atoms with E-state index in [1.165, 1.54) is 19.3 Å². The topological polar surface area (TPSA) is 52.6 Å². The Morgan fingerprint density at radius 3 is 2.60 bits per heavy atom. The van der Waals surface area contributed by atoms with E-state index in [0.717, 1.165) is 12.3 Å². The van der Waals surface area contributed by atoms with Crippen molar-refractivity contribution in [2.45, 2.75) is 64.1 Å². The minimum atomic E-state index is -0.511. The predicted molar refractivity (Wildman–Crippen MR) is 73.6 cm³/mol. The number of fused-ring (bicyclic) bond motifs is 2. The van der Waals surface area contributed by atoms with Crippen molar-refractivity contribution < 1.29 is 19.1 Å². The molecule has 2 bridgehead atoms. The standard InChI is InChI=1S/C16H22O4/c1-3-11(2)19-15(17)5-4-6-16(18)20-14-10-12-7-8-13(14)9-12/h1,11-14H,4-10H2,2H3. The number of ether oxygens (including phenoxy) is 2. The molecule has 0 N–H and O–H groups in total. The Hall–Kier alpha value is -1.50. The van der Waals surface area contributed by atoms with E-state index >= 15 is 0 Å². The van der Waals surface area contributed by atoms with Gasteiger partial charge in [-0.25, -0.2) is 0 Å². The summed E-state index contributed by atoms with van der Waals surface area (Å²) in [6.07, 6.45) is 10.4. The van der Waals surface area contributed by atoms with E-state index in [0.29, 0.717) is 12.3 Å². The van der Waals surface area contributed by atoms with Crippen molar-refractivity contribution in [2.75, 3.05) is 0 Å². The van der Waals surface area contributed by atoms with E-state index in [1.54, 1.807) is 6.92 Å². The summed E-state index contributed by atoms with van der Waals surface area (Å²) in [4.78, 5) is 23.1. The van der Waals surface area contributed by atoms with E-state index in [-0.39, 0.29) is 30.9 Å². The molecular weight excluding hydrogens is 256 g/mol. The van der Waals surface area contributed by atoms with Crippen LogP contribution < -0.4 is 0 Å². The van der Waals surface area contributed by atoms with Gasteiger partial charge in [-0.2, -0.15) is 0 Å². The quantitative estimate of drug-likeness (QED) is 0.553. The summed E-state index contributed by atoms with van der Waals surface area (Å²) < 4.78 is 10.4. The van der Waals surface area contributed by atoms with Gasteiger partial charge in [-0.05, 0) is 50.9 Å². The van der Waals surface area contributed by atoms with Crippen molar-refractivity contribution in [1.82, 2.24) is 0 Å². The second-order valence-corrected chi connectivity index (χ2v) is 5.86. The summed E-state index contributed by atoms with van der Waals surface area (Å²) in [5, 5.41) is 0. The third-order valence-corrected chi connectivity index (χ3v) is 4.26. The first-order chi connectivity index (χ1) is 9.58. The molecule has 0 saturated heterocycles. The lowest BCUT2D eigenvalue weighted by atomic mass is 9.98. The molecule has 2 aliphatic rings. The maximum atomic E-state index is 11.7. The first-order valence-electron chi connectivity index (χ1n) is 7.43. The Labute approximate surface area is 120 Å². The highest BCUT2D eigenvalue weighted by molar-refractivity contribution is 5.72. The van der Waals surface area contributed by atoms with Crippen molar-refractivity contribution in [3.05, 3.63) is 0 Å². The molecule has 4 heteroatoms. The second kappa shape index (κ2) is 6.78. The van der Waals surface area contributed by atoms with Gasteiger partial charge in [0.15, 0.2) is 6.10 Å². The van der Waals surface area contributed by atoms with Gasteiger partial charge in [-0.1, -0.05) is 5.92 Å². The maximum Gasteiger partial charge on any atom is 0.307 e. The molecule has 0 aromatic rings. The molecule has 0 aromatic heterocycles. The lowest BCUT2D eigenvalue weighted by Crippen LogP contribution is -2.24. The van der Waals surface area contributed by atoms with Crippen LogP contribution in [0.2, 0.25) is 0 Å². The number of carbonyl (C=O) groups is 2. The van der Waals surface area contributed by atoms with Gasteiger partial charge >= 0.3 is 11.9 Å². The van der Waals surface area contributed by atoms with Gasteiger partial charge < -0.3 is 9.47 Å².